The van der Waals surface area contributed by atoms with E-state index < -0.39 is 8.60 Å². The summed E-state index contributed by atoms with van der Waals surface area (Å²) in [5.74, 6) is 3.46. The van der Waals surface area contributed by atoms with E-state index in [0.29, 0.717) is 17.8 Å². The Hall–Kier alpha value is -4.07. The second-order valence-corrected chi connectivity index (χ2v) is 18.2. The molecule has 0 radical (unpaired) electrons. The number of benzene rings is 6. The number of hydrogen-bond donors (Lipinski definition) is 0. The van der Waals surface area contributed by atoms with Crippen LogP contribution < -0.4 is 13.6 Å². The van der Waals surface area contributed by atoms with Crippen molar-refractivity contribution in [2.24, 2.45) is 17.8 Å². The van der Waals surface area contributed by atoms with Gasteiger partial charge in [-0.15, -0.1) is 0 Å². The van der Waals surface area contributed by atoms with Gasteiger partial charge in [0.05, 0.1) is 0 Å². The minimum absolute atomic E-state index is 0.179. The zero-order chi connectivity index (χ0) is 37.6. The van der Waals surface area contributed by atoms with Crippen LogP contribution in [0.1, 0.15) is 99.8 Å². The predicted molar refractivity (Wildman–Crippen MR) is 224 cm³/mol. The molecule has 0 N–H and O–H groups in total. The zero-order valence-corrected chi connectivity index (χ0v) is 34.2. The maximum Gasteiger partial charge on any atom is 0.530 e. The lowest BCUT2D eigenvalue weighted by atomic mass is 9.74. The van der Waals surface area contributed by atoms with Gasteiger partial charge in [0.1, 0.15) is 17.2 Å². The van der Waals surface area contributed by atoms with Crippen molar-refractivity contribution in [2.75, 3.05) is 0 Å². The van der Waals surface area contributed by atoms with Crippen molar-refractivity contribution in [1.82, 2.24) is 0 Å². The van der Waals surface area contributed by atoms with E-state index in [9.17, 15) is 0 Å². The van der Waals surface area contributed by atoms with E-state index in [0.717, 1.165) is 50.1 Å². The fourth-order valence-corrected chi connectivity index (χ4v) is 7.67. The minimum atomic E-state index is -2.00. The van der Waals surface area contributed by atoms with Crippen LogP contribution in [0, 0.1) is 17.8 Å². The van der Waals surface area contributed by atoms with Gasteiger partial charge in [-0.3, -0.25) is 0 Å². The van der Waals surface area contributed by atoms with E-state index in [1.165, 1.54) is 16.2 Å². The molecule has 0 aliphatic carbocycles. The quantitative estimate of drug-likeness (QED) is 0.118. The second kappa shape index (κ2) is 14.4. The summed E-state index contributed by atoms with van der Waals surface area (Å²) >= 11 is 0. The van der Waals surface area contributed by atoms with Gasteiger partial charge in [0.15, 0.2) is 0 Å². The van der Waals surface area contributed by atoms with Crippen LogP contribution in [0.25, 0.3) is 32.3 Å². The molecule has 0 aromatic heterocycles. The molecule has 0 atom stereocenters. The lowest BCUT2D eigenvalue weighted by molar-refractivity contribution is 0.331. The maximum absolute atomic E-state index is 7.20. The summed E-state index contributed by atoms with van der Waals surface area (Å²) in [5.41, 5.74) is 2.89. The van der Waals surface area contributed by atoms with Crippen molar-refractivity contribution in [3.8, 4) is 17.2 Å². The minimum Gasteiger partial charge on any atom is -0.408 e. The Labute approximate surface area is 313 Å². The summed E-state index contributed by atoms with van der Waals surface area (Å²) in [6.07, 6.45) is 0. The lowest BCUT2D eigenvalue weighted by Gasteiger charge is -2.35. The Bertz CT molecular complexity index is 1960. The first-order valence-corrected chi connectivity index (χ1v) is 20.0. The molecule has 0 saturated heterocycles. The van der Waals surface area contributed by atoms with Gasteiger partial charge in [0.2, 0.25) is 0 Å². The number of rotatable bonds is 12. The summed E-state index contributed by atoms with van der Waals surface area (Å²) < 4.78 is 21.6. The molecule has 6 aromatic rings. The van der Waals surface area contributed by atoms with Crippen LogP contribution in [0.3, 0.4) is 0 Å². The van der Waals surface area contributed by atoms with E-state index in [1.54, 1.807) is 0 Å². The van der Waals surface area contributed by atoms with Gasteiger partial charge < -0.3 is 13.6 Å². The molecule has 272 valence electrons. The summed E-state index contributed by atoms with van der Waals surface area (Å²) in [4.78, 5) is 0. The highest BCUT2D eigenvalue weighted by molar-refractivity contribution is 7.43. The van der Waals surface area contributed by atoms with Crippen LogP contribution in [0.15, 0.2) is 109 Å². The van der Waals surface area contributed by atoms with Crippen LogP contribution in [0.4, 0.5) is 0 Å². The standard InChI is InChI=1S/C48H57O3P/c1-31(2)46(7,8)40-25-34-19-13-16-22-37(34)28-43(40)49-52(50-44-29-38-23-17-14-20-35(38)26-41(44)47(9,10)32(3)4)51-45-30-39-24-18-15-21-36(39)27-42(45)48(11,12)33(5)6/h13-33H,1-12H3. The van der Waals surface area contributed by atoms with Crippen LogP contribution in [0.5, 0.6) is 17.2 Å². The zero-order valence-electron chi connectivity index (χ0n) is 33.3. The molecule has 6 aromatic carbocycles. The van der Waals surface area contributed by atoms with Crippen molar-refractivity contribution in [1.29, 1.82) is 0 Å². The molecule has 6 rings (SSSR count). The van der Waals surface area contributed by atoms with Crippen LogP contribution >= 0.6 is 8.60 Å². The molecule has 0 bridgehead atoms. The highest BCUT2D eigenvalue weighted by Crippen LogP contribution is 2.52. The SMILES string of the molecule is CC(C)C(C)(C)c1cc2ccccc2cc1OP(Oc1cc2ccccc2cc1C(C)(C)C(C)C)Oc1cc2ccccc2cc1C(C)(C)C(C)C. The summed E-state index contributed by atoms with van der Waals surface area (Å²) in [6.45, 7) is 27.5. The molecule has 0 unspecified atom stereocenters. The average molecular weight is 713 g/mol. The van der Waals surface area contributed by atoms with E-state index >= 15 is 0 Å². The molecular formula is C48H57O3P. The van der Waals surface area contributed by atoms with E-state index in [4.69, 9.17) is 13.6 Å². The molecule has 0 fully saturated rings. The Kier molecular flexibility index (Phi) is 10.4. The smallest absolute Gasteiger partial charge is 0.408 e. The van der Waals surface area contributed by atoms with Crippen molar-refractivity contribution in [3.63, 3.8) is 0 Å². The van der Waals surface area contributed by atoms with Crippen LogP contribution in [-0.2, 0) is 16.2 Å². The van der Waals surface area contributed by atoms with Gasteiger partial charge in [0.25, 0.3) is 0 Å². The van der Waals surface area contributed by atoms with Crippen molar-refractivity contribution in [2.45, 2.75) is 99.3 Å². The molecule has 0 spiro atoms. The van der Waals surface area contributed by atoms with Crippen molar-refractivity contribution >= 4 is 40.9 Å². The third-order valence-corrected chi connectivity index (χ3v) is 13.5. The predicted octanol–water partition coefficient (Wildman–Crippen LogP) is 14.7. The molecule has 0 aliphatic heterocycles. The van der Waals surface area contributed by atoms with Crippen molar-refractivity contribution < 1.29 is 13.6 Å². The van der Waals surface area contributed by atoms with Crippen LogP contribution in [-0.4, -0.2) is 0 Å². The molecule has 0 saturated carbocycles. The lowest BCUT2D eigenvalue weighted by Crippen LogP contribution is -2.26. The van der Waals surface area contributed by atoms with Gasteiger partial charge in [-0.25, -0.2) is 0 Å². The Balaban J connectivity index is 1.58. The summed E-state index contributed by atoms with van der Waals surface area (Å²) in [7, 11) is -2.00. The third-order valence-electron chi connectivity index (χ3n) is 12.5. The Morgan fingerprint density at radius 1 is 0.365 bits per heavy atom. The normalized spacial score (nSPS) is 12.9. The van der Waals surface area contributed by atoms with Gasteiger partial charge in [-0.05, 0) is 103 Å². The maximum atomic E-state index is 7.20. The van der Waals surface area contributed by atoms with Gasteiger partial charge in [0, 0.05) is 16.7 Å². The molecule has 0 heterocycles. The van der Waals surface area contributed by atoms with Gasteiger partial charge in [-0.2, -0.15) is 0 Å². The van der Waals surface area contributed by atoms with Gasteiger partial charge >= 0.3 is 8.60 Å². The first kappa shape index (κ1) is 37.7. The molecule has 0 amide bonds. The van der Waals surface area contributed by atoms with E-state index in [2.05, 4.69) is 192 Å². The fraction of sp³-hybridized carbons (Fsp3) is 0.375. The number of fused-ring (bicyclic) bond motifs is 3. The second-order valence-electron chi connectivity index (χ2n) is 17.2. The first-order chi connectivity index (χ1) is 24.5. The topological polar surface area (TPSA) is 27.7 Å². The van der Waals surface area contributed by atoms with Crippen LogP contribution in [0.2, 0.25) is 0 Å². The molecule has 3 nitrogen and oxygen atoms in total. The monoisotopic (exact) mass is 712 g/mol. The van der Waals surface area contributed by atoms with E-state index in [1.807, 2.05) is 0 Å². The van der Waals surface area contributed by atoms with E-state index in [-0.39, 0.29) is 16.2 Å². The largest absolute Gasteiger partial charge is 0.530 e. The Morgan fingerprint density at radius 3 is 0.788 bits per heavy atom. The first-order valence-electron chi connectivity index (χ1n) is 18.9. The summed E-state index contributed by atoms with van der Waals surface area (Å²) in [5, 5.41) is 6.93. The molecule has 4 heteroatoms. The molecule has 0 aliphatic rings. The number of hydrogen-bond acceptors (Lipinski definition) is 3. The Morgan fingerprint density at radius 2 is 0.577 bits per heavy atom. The highest BCUT2D eigenvalue weighted by atomic mass is 31.2. The summed E-state index contributed by atoms with van der Waals surface area (Å²) in [6, 6.07) is 39.0. The highest BCUT2D eigenvalue weighted by Gasteiger charge is 2.36. The van der Waals surface area contributed by atoms with Gasteiger partial charge in [-0.1, -0.05) is 156 Å². The molecular weight excluding hydrogens is 655 g/mol. The molecule has 52 heavy (non-hydrogen) atoms. The third kappa shape index (κ3) is 7.27. The average Bonchev–Trinajstić information content (AvgIpc) is 3.10. The fourth-order valence-electron chi connectivity index (χ4n) is 6.63. The van der Waals surface area contributed by atoms with Crippen molar-refractivity contribution in [3.05, 3.63) is 126 Å².